The molecule has 0 atom stereocenters. The molecule has 0 unspecified atom stereocenters. The Kier molecular flexibility index (Phi) is 8.83. The fourth-order valence-electron chi connectivity index (χ4n) is 9.39. The number of hydrogen-bond donors (Lipinski definition) is 0. The molecule has 12 rings (SSSR count). The number of nitrogens with zero attached hydrogens (tertiary/aromatic N) is 2. The minimum Gasteiger partial charge on any atom is -0.456 e. The molecule has 12 aromatic rings. The summed E-state index contributed by atoms with van der Waals surface area (Å²) < 4.78 is 8.59. The Hall–Kier alpha value is -8.40. The number of aromatic nitrogens is 1. The molecule has 0 bridgehead atoms. The molecule has 0 radical (unpaired) electrons. The quantitative estimate of drug-likeness (QED) is 0.153. The van der Waals surface area contributed by atoms with E-state index < -0.39 is 0 Å². The van der Waals surface area contributed by atoms with E-state index in [-0.39, 0.29) is 0 Å². The highest BCUT2D eigenvalue weighted by Crippen LogP contribution is 2.40. The fourth-order valence-corrected chi connectivity index (χ4v) is 9.39. The van der Waals surface area contributed by atoms with Crippen molar-refractivity contribution in [1.82, 2.24) is 4.57 Å². The first-order valence-corrected chi connectivity index (χ1v) is 21.5. The zero-order chi connectivity index (χ0) is 41.7. The van der Waals surface area contributed by atoms with Gasteiger partial charge in [0.25, 0.3) is 0 Å². The first-order valence-electron chi connectivity index (χ1n) is 21.5. The van der Waals surface area contributed by atoms with Crippen LogP contribution < -0.4 is 4.90 Å². The molecule has 10 aromatic carbocycles. The van der Waals surface area contributed by atoms with Gasteiger partial charge in [0.2, 0.25) is 0 Å². The van der Waals surface area contributed by atoms with Crippen LogP contribution in [-0.2, 0) is 0 Å². The van der Waals surface area contributed by atoms with Crippen molar-refractivity contribution in [1.29, 1.82) is 0 Å². The lowest BCUT2D eigenvalue weighted by Crippen LogP contribution is -2.09. The minimum absolute atomic E-state index is 0.907. The summed E-state index contributed by atoms with van der Waals surface area (Å²) in [6.07, 6.45) is 0. The number of para-hydroxylation sites is 4. The number of hydrogen-bond acceptors (Lipinski definition) is 2. The zero-order valence-electron chi connectivity index (χ0n) is 34.4. The van der Waals surface area contributed by atoms with E-state index in [9.17, 15) is 0 Å². The van der Waals surface area contributed by atoms with Crippen LogP contribution in [0.3, 0.4) is 0 Å². The smallest absolute Gasteiger partial charge is 0.136 e. The summed E-state index contributed by atoms with van der Waals surface area (Å²) in [6.45, 7) is 0. The lowest BCUT2D eigenvalue weighted by atomic mass is 9.96. The van der Waals surface area contributed by atoms with Crippen LogP contribution in [0.25, 0.3) is 93.9 Å². The summed E-state index contributed by atoms with van der Waals surface area (Å²) in [5, 5.41) is 4.83. The van der Waals surface area contributed by atoms with E-state index in [2.05, 4.69) is 240 Å². The van der Waals surface area contributed by atoms with Crippen molar-refractivity contribution in [2.45, 2.75) is 0 Å². The van der Waals surface area contributed by atoms with Gasteiger partial charge in [0.15, 0.2) is 0 Å². The third-order valence-corrected chi connectivity index (χ3v) is 12.4. The summed E-state index contributed by atoms with van der Waals surface area (Å²) >= 11 is 0. The first-order chi connectivity index (χ1) is 31.2. The number of benzene rings is 10. The van der Waals surface area contributed by atoms with Crippen LogP contribution in [0.15, 0.2) is 247 Å². The molecule has 2 heterocycles. The standard InChI is InChI=1S/C60H40N2O/c1-2-16-48(17-3-1)61(50-37-33-44(34-38-50)45-13-10-15-47(39-45)52-22-12-26-59-60(52)55-21-6-9-25-58(55)63-59)49-35-31-42(32-36-49)41-27-29-43(30-28-41)46-14-11-18-51(40-46)62-56-23-7-4-19-53(56)54-20-5-8-24-57(54)62/h1-40H. The lowest BCUT2D eigenvalue weighted by molar-refractivity contribution is 0.669. The number of furan rings is 1. The first kappa shape index (κ1) is 36.5. The molecule has 0 saturated carbocycles. The maximum Gasteiger partial charge on any atom is 0.136 e. The average molecular weight is 805 g/mol. The van der Waals surface area contributed by atoms with Crippen molar-refractivity contribution in [3.8, 4) is 50.2 Å². The van der Waals surface area contributed by atoms with E-state index in [0.29, 0.717) is 0 Å². The van der Waals surface area contributed by atoms with Crippen molar-refractivity contribution in [2.24, 2.45) is 0 Å². The van der Waals surface area contributed by atoms with E-state index >= 15 is 0 Å². The molecule has 0 aliphatic rings. The van der Waals surface area contributed by atoms with Gasteiger partial charge >= 0.3 is 0 Å². The molecule has 0 N–H and O–H groups in total. The highest BCUT2D eigenvalue weighted by Gasteiger charge is 2.16. The van der Waals surface area contributed by atoms with E-state index in [1.165, 1.54) is 60.8 Å². The Morgan fingerprint density at radius 2 is 0.762 bits per heavy atom. The topological polar surface area (TPSA) is 21.3 Å². The van der Waals surface area contributed by atoms with Gasteiger partial charge in [0.05, 0.1) is 11.0 Å². The molecule has 0 spiro atoms. The molecular weight excluding hydrogens is 765 g/mol. The molecule has 296 valence electrons. The van der Waals surface area contributed by atoms with Gasteiger partial charge in [-0.2, -0.15) is 0 Å². The van der Waals surface area contributed by atoms with E-state index in [0.717, 1.165) is 50.3 Å². The van der Waals surface area contributed by atoms with E-state index in [1.54, 1.807) is 0 Å². The number of anilines is 3. The van der Waals surface area contributed by atoms with Crippen LogP contribution in [0.4, 0.5) is 17.1 Å². The second-order valence-electron chi connectivity index (χ2n) is 16.1. The average Bonchev–Trinajstić information content (AvgIpc) is 3.91. The van der Waals surface area contributed by atoms with Crippen LogP contribution >= 0.6 is 0 Å². The van der Waals surface area contributed by atoms with E-state index in [1.807, 2.05) is 12.1 Å². The largest absolute Gasteiger partial charge is 0.456 e. The maximum absolute atomic E-state index is 6.21. The van der Waals surface area contributed by atoms with Gasteiger partial charge in [-0.15, -0.1) is 0 Å². The zero-order valence-corrected chi connectivity index (χ0v) is 34.4. The van der Waals surface area contributed by atoms with Crippen LogP contribution in [0.2, 0.25) is 0 Å². The third-order valence-electron chi connectivity index (χ3n) is 12.4. The van der Waals surface area contributed by atoms with Crippen molar-refractivity contribution in [2.75, 3.05) is 4.90 Å². The van der Waals surface area contributed by atoms with Crippen molar-refractivity contribution < 1.29 is 4.42 Å². The van der Waals surface area contributed by atoms with Crippen LogP contribution in [0, 0.1) is 0 Å². The number of fused-ring (bicyclic) bond motifs is 6. The van der Waals surface area contributed by atoms with Gasteiger partial charge in [-0.1, -0.05) is 164 Å². The molecule has 63 heavy (non-hydrogen) atoms. The van der Waals surface area contributed by atoms with Crippen molar-refractivity contribution >= 4 is 60.8 Å². The van der Waals surface area contributed by atoms with Crippen LogP contribution in [0.1, 0.15) is 0 Å². The Balaban J connectivity index is 0.822. The molecule has 0 fully saturated rings. The molecule has 0 amide bonds. The molecule has 3 nitrogen and oxygen atoms in total. The van der Waals surface area contributed by atoms with Gasteiger partial charge in [-0.25, -0.2) is 0 Å². The molecule has 3 heteroatoms. The Morgan fingerprint density at radius 3 is 1.41 bits per heavy atom. The minimum atomic E-state index is 0.907. The Bertz CT molecular complexity index is 3550. The Labute approximate surface area is 366 Å². The molecule has 0 aliphatic heterocycles. The molecule has 2 aromatic heterocycles. The van der Waals surface area contributed by atoms with Gasteiger partial charge < -0.3 is 13.9 Å². The second-order valence-corrected chi connectivity index (χ2v) is 16.1. The molecule has 0 saturated heterocycles. The predicted octanol–water partition coefficient (Wildman–Crippen LogP) is 16.8. The Morgan fingerprint density at radius 1 is 0.302 bits per heavy atom. The van der Waals surface area contributed by atoms with Gasteiger partial charge in [0.1, 0.15) is 11.2 Å². The SMILES string of the molecule is c1ccc(N(c2ccc(-c3ccc(-c4cccc(-n5c6ccccc6c6ccccc65)c4)cc3)cc2)c2ccc(-c3cccc(-c4cccc5oc6ccccc6c45)c3)cc2)cc1. The highest BCUT2D eigenvalue weighted by molar-refractivity contribution is 6.12. The van der Waals surface area contributed by atoms with E-state index in [4.69, 9.17) is 4.42 Å². The highest BCUT2D eigenvalue weighted by atomic mass is 16.3. The second kappa shape index (κ2) is 15.3. The normalized spacial score (nSPS) is 11.5. The molecule has 0 aliphatic carbocycles. The van der Waals surface area contributed by atoms with Crippen LogP contribution in [-0.4, -0.2) is 4.57 Å². The number of rotatable bonds is 8. The maximum atomic E-state index is 6.21. The fraction of sp³-hybridized carbons (Fsp3) is 0. The van der Waals surface area contributed by atoms with Gasteiger partial charge in [-0.3, -0.25) is 0 Å². The summed E-state index contributed by atoms with van der Waals surface area (Å²) in [7, 11) is 0. The summed E-state index contributed by atoms with van der Waals surface area (Å²) in [5.74, 6) is 0. The lowest BCUT2D eigenvalue weighted by Gasteiger charge is -2.26. The van der Waals surface area contributed by atoms with Crippen LogP contribution in [0.5, 0.6) is 0 Å². The predicted molar refractivity (Wildman–Crippen MR) is 264 cm³/mol. The summed E-state index contributed by atoms with van der Waals surface area (Å²) in [5.41, 5.74) is 18.1. The van der Waals surface area contributed by atoms with Gasteiger partial charge in [0, 0.05) is 44.3 Å². The van der Waals surface area contributed by atoms with Crippen molar-refractivity contribution in [3.63, 3.8) is 0 Å². The van der Waals surface area contributed by atoms with Gasteiger partial charge in [-0.05, 0) is 123 Å². The summed E-state index contributed by atoms with van der Waals surface area (Å²) in [4.78, 5) is 2.32. The summed E-state index contributed by atoms with van der Waals surface area (Å²) in [6, 6.07) is 87.0. The third kappa shape index (κ3) is 6.46. The monoisotopic (exact) mass is 804 g/mol. The molecular formula is C60H40N2O. The van der Waals surface area contributed by atoms with Crippen molar-refractivity contribution in [3.05, 3.63) is 243 Å².